The molecule has 2 aromatic carbocycles. The van der Waals surface area contributed by atoms with Crippen LogP contribution in [0.1, 0.15) is 10.4 Å². The fourth-order valence-electron chi connectivity index (χ4n) is 2.50. The number of nitrogens with zero attached hydrogens (tertiary/aromatic N) is 1. The minimum Gasteiger partial charge on any atom is -0.298 e. The van der Waals surface area contributed by atoms with Gasteiger partial charge in [0.15, 0.2) is 6.29 Å². The third kappa shape index (κ3) is 3.82. The van der Waals surface area contributed by atoms with Crippen molar-refractivity contribution in [3.8, 4) is 22.4 Å². The van der Waals surface area contributed by atoms with Crippen LogP contribution in [-0.2, 0) is 0 Å². The quantitative estimate of drug-likeness (QED) is 0.365. The smallest absolute Gasteiger partial charge is 0.150 e. The average Bonchev–Trinajstić information content (AvgIpc) is 2.53. The molecule has 0 aliphatic heterocycles. The highest BCUT2D eigenvalue weighted by Gasteiger charge is 2.18. The van der Waals surface area contributed by atoms with Gasteiger partial charge in [0.25, 0.3) is 0 Å². The van der Waals surface area contributed by atoms with Crippen molar-refractivity contribution in [1.29, 1.82) is 0 Å². The second kappa shape index (κ2) is 7.93. The average molecular weight is 466 g/mol. The molecule has 0 atom stereocenters. The van der Waals surface area contributed by atoms with Gasteiger partial charge < -0.3 is 0 Å². The number of halogens is 6. The Morgan fingerprint density at radius 2 is 1.15 bits per heavy atom. The van der Waals surface area contributed by atoms with Gasteiger partial charge in [0, 0.05) is 38.5 Å². The van der Waals surface area contributed by atoms with Crippen LogP contribution in [0.5, 0.6) is 0 Å². The molecule has 132 valence electrons. The van der Waals surface area contributed by atoms with Crippen LogP contribution in [0.25, 0.3) is 22.4 Å². The fraction of sp³-hybridized carbons (Fsp3) is 0. The summed E-state index contributed by atoms with van der Waals surface area (Å²) in [6, 6.07) is 7.74. The highest BCUT2D eigenvalue weighted by molar-refractivity contribution is 6.42. The number of benzene rings is 2. The summed E-state index contributed by atoms with van der Waals surface area (Å²) in [7, 11) is 0. The number of hydrogen-bond acceptors (Lipinski definition) is 2. The van der Waals surface area contributed by atoms with Gasteiger partial charge in [-0.05, 0) is 30.3 Å². The lowest BCUT2D eigenvalue weighted by Gasteiger charge is -2.13. The zero-order valence-corrected chi connectivity index (χ0v) is 17.2. The van der Waals surface area contributed by atoms with E-state index in [1.165, 1.54) is 6.20 Å². The number of carbonyl (C=O) groups excluding carboxylic acids is 1. The van der Waals surface area contributed by atoms with E-state index in [0.29, 0.717) is 64.4 Å². The standard InChI is InChI=1S/C18H7Cl6NO/c19-9-2-12(21)17(13(22)3-9)11-6-25-16(1-8(11)7-26)18-14(23)4-10(20)5-15(18)24/h1-7H. The maximum Gasteiger partial charge on any atom is 0.150 e. The van der Waals surface area contributed by atoms with Crippen LogP contribution in [0.2, 0.25) is 30.1 Å². The molecule has 2 nitrogen and oxygen atoms in total. The third-order valence-electron chi connectivity index (χ3n) is 3.60. The van der Waals surface area contributed by atoms with Gasteiger partial charge in [-0.2, -0.15) is 0 Å². The van der Waals surface area contributed by atoms with Gasteiger partial charge in [0.05, 0.1) is 25.8 Å². The van der Waals surface area contributed by atoms with Crippen molar-refractivity contribution < 1.29 is 4.79 Å². The van der Waals surface area contributed by atoms with E-state index in [-0.39, 0.29) is 0 Å². The van der Waals surface area contributed by atoms with Gasteiger partial charge in [-0.3, -0.25) is 9.78 Å². The second-order valence-electron chi connectivity index (χ2n) is 5.26. The molecule has 0 unspecified atom stereocenters. The second-order valence-corrected chi connectivity index (χ2v) is 7.77. The number of aromatic nitrogens is 1. The molecule has 1 aromatic heterocycles. The molecule has 1 heterocycles. The van der Waals surface area contributed by atoms with E-state index in [4.69, 9.17) is 69.6 Å². The van der Waals surface area contributed by atoms with E-state index in [0.717, 1.165) is 0 Å². The Kier molecular flexibility index (Phi) is 6.03. The first-order chi connectivity index (χ1) is 12.3. The van der Waals surface area contributed by atoms with Crippen LogP contribution < -0.4 is 0 Å². The Hall–Kier alpha value is -1.000. The predicted octanol–water partition coefficient (Wildman–Crippen LogP) is 8.15. The summed E-state index contributed by atoms with van der Waals surface area (Å²) in [6.07, 6.45) is 2.17. The summed E-state index contributed by atoms with van der Waals surface area (Å²) < 4.78 is 0. The van der Waals surface area contributed by atoms with Crippen molar-refractivity contribution in [2.24, 2.45) is 0 Å². The maximum atomic E-state index is 11.7. The monoisotopic (exact) mass is 463 g/mol. The van der Waals surface area contributed by atoms with E-state index in [1.807, 2.05) is 0 Å². The van der Waals surface area contributed by atoms with E-state index in [2.05, 4.69) is 4.98 Å². The van der Waals surface area contributed by atoms with Gasteiger partial charge in [-0.1, -0.05) is 69.6 Å². The molecule has 0 spiro atoms. The first kappa shape index (κ1) is 19.8. The highest BCUT2D eigenvalue weighted by Crippen LogP contribution is 2.41. The number of carbonyl (C=O) groups is 1. The van der Waals surface area contributed by atoms with Crippen molar-refractivity contribution in [2.45, 2.75) is 0 Å². The zero-order valence-electron chi connectivity index (χ0n) is 12.7. The van der Waals surface area contributed by atoms with Crippen molar-refractivity contribution in [2.75, 3.05) is 0 Å². The van der Waals surface area contributed by atoms with Crippen molar-refractivity contribution in [3.63, 3.8) is 0 Å². The molecule has 26 heavy (non-hydrogen) atoms. The summed E-state index contributed by atoms with van der Waals surface area (Å²) in [5.74, 6) is 0. The lowest BCUT2D eigenvalue weighted by molar-refractivity contribution is 0.112. The molecule has 0 saturated heterocycles. The van der Waals surface area contributed by atoms with Gasteiger partial charge in [-0.25, -0.2) is 0 Å². The van der Waals surface area contributed by atoms with Gasteiger partial charge in [0.1, 0.15) is 0 Å². The summed E-state index contributed by atoms with van der Waals surface area (Å²) in [6.45, 7) is 0. The van der Waals surface area contributed by atoms with E-state index >= 15 is 0 Å². The molecule has 0 amide bonds. The number of hydrogen-bond donors (Lipinski definition) is 0. The Morgan fingerprint density at radius 3 is 1.62 bits per heavy atom. The van der Waals surface area contributed by atoms with Crippen LogP contribution in [-0.4, -0.2) is 11.3 Å². The van der Waals surface area contributed by atoms with Crippen molar-refractivity contribution in [1.82, 2.24) is 4.98 Å². The zero-order chi connectivity index (χ0) is 19.0. The molecule has 0 N–H and O–H groups in total. The molecule has 0 aliphatic carbocycles. The molecule has 0 saturated carbocycles. The molecule has 0 radical (unpaired) electrons. The Labute approximate surface area is 179 Å². The predicted molar refractivity (Wildman–Crippen MR) is 111 cm³/mol. The Morgan fingerprint density at radius 1 is 0.692 bits per heavy atom. The van der Waals surface area contributed by atoms with E-state index < -0.39 is 0 Å². The lowest BCUT2D eigenvalue weighted by Crippen LogP contribution is -1.95. The molecule has 3 rings (SSSR count). The normalized spacial score (nSPS) is 10.8. The third-order valence-corrected chi connectivity index (χ3v) is 5.23. The molecule has 8 heteroatoms. The number of rotatable bonds is 3. The van der Waals surface area contributed by atoms with Crippen molar-refractivity contribution in [3.05, 3.63) is 72.2 Å². The summed E-state index contributed by atoms with van der Waals surface area (Å²) in [5.41, 5.74) is 2.15. The minimum atomic E-state index is 0.308. The molecular weight excluding hydrogens is 459 g/mol. The minimum absolute atomic E-state index is 0.308. The first-order valence-corrected chi connectivity index (χ1v) is 9.33. The van der Waals surface area contributed by atoms with Crippen LogP contribution in [0.4, 0.5) is 0 Å². The first-order valence-electron chi connectivity index (χ1n) is 7.07. The van der Waals surface area contributed by atoms with E-state index in [1.54, 1.807) is 30.3 Å². The topological polar surface area (TPSA) is 30.0 Å². The van der Waals surface area contributed by atoms with Crippen LogP contribution in [0, 0.1) is 0 Å². The van der Waals surface area contributed by atoms with Crippen LogP contribution in [0.15, 0.2) is 36.5 Å². The molecule has 3 aromatic rings. The maximum absolute atomic E-state index is 11.7. The van der Waals surface area contributed by atoms with Gasteiger partial charge in [-0.15, -0.1) is 0 Å². The van der Waals surface area contributed by atoms with Crippen LogP contribution >= 0.6 is 69.6 Å². The summed E-state index contributed by atoms with van der Waals surface area (Å²) >= 11 is 36.9. The fourth-order valence-corrected chi connectivity index (χ4v) is 4.53. The number of aldehydes is 1. The molecule has 0 aliphatic rings. The van der Waals surface area contributed by atoms with E-state index in [9.17, 15) is 4.79 Å². The number of pyridine rings is 1. The van der Waals surface area contributed by atoms with Gasteiger partial charge >= 0.3 is 0 Å². The van der Waals surface area contributed by atoms with Gasteiger partial charge in [0.2, 0.25) is 0 Å². The molecule has 0 bridgehead atoms. The van der Waals surface area contributed by atoms with Crippen LogP contribution in [0.3, 0.4) is 0 Å². The Bertz CT molecular complexity index is 988. The SMILES string of the molecule is O=Cc1cc(-c2c(Cl)cc(Cl)cc2Cl)ncc1-c1c(Cl)cc(Cl)cc1Cl. The highest BCUT2D eigenvalue weighted by atomic mass is 35.5. The summed E-state index contributed by atoms with van der Waals surface area (Å²) in [4.78, 5) is 16.0. The summed E-state index contributed by atoms with van der Waals surface area (Å²) in [5, 5.41) is 2.05. The molecular formula is C18H7Cl6NO. The largest absolute Gasteiger partial charge is 0.298 e. The molecule has 0 fully saturated rings. The van der Waals surface area contributed by atoms with Crippen molar-refractivity contribution >= 4 is 75.9 Å². The Balaban J connectivity index is 2.21. The lowest BCUT2D eigenvalue weighted by atomic mass is 10.00.